The number of aromatic nitrogens is 2. The third-order valence-electron chi connectivity index (χ3n) is 3.88. The number of carbonyl (C=O) groups is 1. The summed E-state index contributed by atoms with van der Waals surface area (Å²) in [6.07, 6.45) is -4.12. The molecule has 2 aromatic carbocycles. The Hall–Kier alpha value is -3.16. The maximum atomic E-state index is 12.5. The van der Waals surface area contributed by atoms with Gasteiger partial charge in [-0.1, -0.05) is 35.0 Å². The molecule has 0 saturated heterocycles. The minimum Gasteiger partial charge on any atom is -0.352 e. The van der Waals surface area contributed by atoms with Crippen LogP contribution in [0.25, 0.3) is 11.4 Å². The number of carbonyl (C=O) groups excluding carboxylic acids is 1. The lowest BCUT2D eigenvalue weighted by atomic mass is 10.1. The Kier molecular flexibility index (Phi) is 5.25. The van der Waals surface area contributed by atoms with Crippen molar-refractivity contribution in [2.24, 2.45) is 0 Å². The number of benzene rings is 2. The van der Waals surface area contributed by atoms with Gasteiger partial charge < -0.3 is 9.84 Å². The second kappa shape index (κ2) is 7.61. The Morgan fingerprint density at radius 2 is 1.74 bits per heavy atom. The van der Waals surface area contributed by atoms with Gasteiger partial charge in [0.05, 0.1) is 5.56 Å². The summed E-state index contributed by atoms with van der Waals surface area (Å²) in [5.41, 5.74) is 1.29. The molecule has 140 valence electrons. The monoisotopic (exact) mass is 375 g/mol. The standard InChI is InChI=1S/C19H16F3N3O2/c1-12-2-4-13(5-3-12)17-24-16(27-25-17)10-11-23-18(26)14-6-8-15(9-7-14)19(20,21)22/h2-9H,10-11H2,1H3,(H,23,26). The number of nitrogens with one attached hydrogen (secondary N) is 1. The number of alkyl halides is 3. The van der Waals surface area contributed by atoms with Gasteiger partial charge in [-0.25, -0.2) is 0 Å². The van der Waals surface area contributed by atoms with Gasteiger partial charge in [-0.2, -0.15) is 18.2 Å². The molecule has 3 rings (SSSR count). The van der Waals surface area contributed by atoms with Crippen LogP contribution in [0.3, 0.4) is 0 Å². The van der Waals surface area contributed by atoms with E-state index in [1.54, 1.807) is 0 Å². The van der Waals surface area contributed by atoms with E-state index in [4.69, 9.17) is 4.52 Å². The molecular formula is C19H16F3N3O2. The summed E-state index contributed by atoms with van der Waals surface area (Å²) in [6, 6.07) is 11.7. The molecule has 27 heavy (non-hydrogen) atoms. The SMILES string of the molecule is Cc1ccc(-c2noc(CCNC(=O)c3ccc(C(F)(F)F)cc3)n2)cc1. The zero-order valence-corrected chi connectivity index (χ0v) is 14.4. The molecule has 0 atom stereocenters. The van der Waals surface area contributed by atoms with Gasteiger partial charge in [-0.15, -0.1) is 0 Å². The molecule has 5 nitrogen and oxygen atoms in total. The minimum absolute atomic E-state index is 0.147. The van der Waals surface area contributed by atoms with Crippen molar-refractivity contribution in [1.29, 1.82) is 0 Å². The van der Waals surface area contributed by atoms with Crippen molar-refractivity contribution in [2.45, 2.75) is 19.5 Å². The van der Waals surface area contributed by atoms with Crippen molar-refractivity contribution in [3.8, 4) is 11.4 Å². The van der Waals surface area contributed by atoms with Crippen molar-refractivity contribution >= 4 is 5.91 Å². The predicted molar refractivity (Wildman–Crippen MR) is 92.0 cm³/mol. The second-order valence-electron chi connectivity index (χ2n) is 5.96. The van der Waals surface area contributed by atoms with Crippen molar-refractivity contribution in [3.05, 3.63) is 71.1 Å². The molecule has 1 heterocycles. The molecule has 0 aliphatic heterocycles. The van der Waals surface area contributed by atoms with E-state index in [-0.39, 0.29) is 12.1 Å². The fourth-order valence-electron chi connectivity index (χ4n) is 2.37. The summed E-state index contributed by atoms with van der Waals surface area (Å²) in [5, 5.41) is 6.51. The van der Waals surface area contributed by atoms with Gasteiger partial charge >= 0.3 is 6.18 Å². The van der Waals surface area contributed by atoms with Crippen molar-refractivity contribution < 1.29 is 22.5 Å². The maximum absolute atomic E-state index is 12.5. The third kappa shape index (κ3) is 4.72. The number of nitrogens with zero attached hydrogens (tertiary/aromatic N) is 2. The van der Waals surface area contributed by atoms with Crippen molar-refractivity contribution in [3.63, 3.8) is 0 Å². The molecule has 1 N–H and O–H groups in total. The van der Waals surface area contributed by atoms with Crippen LogP contribution in [-0.2, 0) is 12.6 Å². The van der Waals surface area contributed by atoms with E-state index >= 15 is 0 Å². The first kappa shape index (κ1) is 18.6. The minimum atomic E-state index is -4.43. The van der Waals surface area contributed by atoms with Gasteiger partial charge in [0, 0.05) is 24.1 Å². The van der Waals surface area contributed by atoms with Gasteiger partial charge in [-0.05, 0) is 31.2 Å². The van der Waals surface area contributed by atoms with Gasteiger partial charge in [-0.3, -0.25) is 4.79 Å². The number of halogens is 3. The van der Waals surface area contributed by atoms with Crippen molar-refractivity contribution in [2.75, 3.05) is 6.54 Å². The van der Waals surface area contributed by atoms with Crippen molar-refractivity contribution in [1.82, 2.24) is 15.5 Å². The fraction of sp³-hybridized carbons (Fsp3) is 0.211. The smallest absolute Gasteiger partial charge is 0.352 e. The van der Waals surface area contributed by atoms with Crippen LogP contribution in [0.1, 0.15) is 27.4 Å². The van der Waals surface area contributed by atoms with E-state index in [9.17, 15) is 18.0 Å². The molecule has 0 unspecified atom stereocenters. The van der Waals surface area contributed by atoms with E-state index in [1.165, 1.54) is 0 Å². The van der Waals surface area contributed by atoms with Crippen LogP contribution in [0.15, 0.2) is 53.1 Å². The largest absolute Gasteiger partial charge is 0.416 e. The summed E-state index contributed by atoms with van der Waals surface area (Å²) >= 11 is 0. The molecular weight excluding hydrogens is 359 g/mol. The molecule has 0 spiro atoms. The molecule has 0 bridgehead atoms. The van der Waals surface area contributed by atoms with Gasteiger partial charge in [0.1, 0.15) is 0 Å². The van der Waals surface area contributed by atoms with Crippen LogP contribution in [0, 0.1) is 6.92 Å². The lowest BCUT2D eigenvalue weighted by Gasteiger charge is -2.07. The third-order valence-corrected chi connectivity index (χ3v) is 3.88. The number of aryl methyl sites for hydroxylation is 1. The average molecular weight is 375 g/mol. The van der Waals surface area contributed by atoms with Gasteiger partial charge in [0.15, 0.2) is 0 Å². The lowest BCUT2D eigenvalue weighted by Crippen LogP contribution is -2.25. The highest BCUT2D eigenvalue weighted by atomic mass is 19.4. The summed E-state index contributed by atoms with van der Waals surface area (Å²) in [7, 11) is 0. The molecule has 8 heteroatoms. The van der Waals surface area contributed by atoms with Crippen LogP contribution in [0.2, 0.25) is 0 Å². The molecule has 0 aliphatic carbocycles. The van der Waals surface area contributed by atoms with Crippen LogP contribution < -0.4 is 5.32 Å². The van der Waals surface area contributed by atoms with Crippen LogP contribution in [0.5, 0.6) is 0 Å². The topological polar surface area (TPSA) is 68.0 Å². The van der Waals surface area contributed by atoms with E-state index < -0.39 is 17.6 Å². The Labute approximate surface area is 153 Å². The summed E-state index contributed by atoms with van der Waals surface area (Å²) in [4.78, 5) is 16.3. The summed E-state index contributed by atoms with van der Waals surface area (Å²) < 4.78 is 42.7. The lowest BCUT2D eigenvalue weighted by molar-refractivity contribution is -0.137. The van der Waals surface area contributed by atoms with E-state index in [0.29, 0.717) is 18.1 Å². The number of rotatable bonds is 5. The molecule has 1 amide bonds. The quantitative estimate of drug-likeness (QED) is 0.731. The molecule has 0 saturated carbocycles. The normalized spacial score (nSPS) is 11.4. The highest BCUT2D eigenvalue weighted by molar-refractivity contribution is 5.94. The molecule has 0 radical (unpaired) electrons. The Morgan fingerprint density at radius 3 is 2.37 bits per heavy atom. The summed E-state index contributed by atoms with van der Waals surface area (Å²) in [6.45, 7) is 2.19. The zero-order valence-electron chi connectivity index (χ0n) is 14.4. The van der Waals surface area contributed by atoms with Gasteiger partial charge in [0.2, 0.25) is 11.7 Å². The van der Waals surface area contributed by atoms with Gasteiger partial charge in [0.25, 0.3) is 5.91 Å². The zero-order chi connectivity index (χ0) is 19.4. The number of hydrogen-bond acceptors (Lipinski definition) is 4. The molecule has 3 aromatic rings. The molecule has 0 fully saturated rings. The Morgan fingerprint density at radius 1 is 1.07 bits per heavy atom. The number of amides is 1. The number of hydrogen-bond donors (Lipinski definition) is 1. The first-order valence-electron chi connectivity index (χ1n) is 8.18. The first-order chi connectivity index (χ1) is 12.8. The molecule has 1 aromatic heterocycles. The Balaban J connectivity index is 1.54. The van der Waals surface area contributed by atoms with Crippen LogP contribution in [0.4, 0.5) is 13.2 Å². The summed E-state index contributed by atoms with van der Waals surface area (Å²) in [5.74, 6) is 0.347. The van der Waals surface area contributed by atoms with E-state index in [2.05, 4.69) is 15.5 Å². The van der Waals surface area contributed by atoms with Crippen LogP contribution in [-0.4, -0.2) is 22.6 Å². The fourth-order valence-corrected chi connectivity index (χ4v) is 2.37. The van der Waals surface area contributed by atoms with E-state index in [0.717, 1.165) is 35.4 Å². The highest BCUT2D eigenvalue weighted by Gasteiger charge is 2.30. The van der Waals surface area contributed by atoms with Crippen LogP contribution >= 0.6 is 0 Å². The average Bonchev–Trinajstić information content (AvgIpc) is 3.10. The Bertz CT molecular complexity index is 917. The molecule has 0 aliphatic rings. The second-order valence-corrected chi connectivity index (χ2v) is 5.96. The first-order valence-corrected chi connectivity index (χ1v) is 8.18. The predicted octanol–water partition coefficient (Wildman–Crippen LogP) is 4.04. The maximum Gasteiger partial charge on any atom is 0.416 e. The van der Waals surface area contributed by atoms with E-state index in [1.807, 2.05) is 31.2 Å². The highest BCUT2D eigenvalue weighted by Crippen LogP contribution is 2.29.